The number of aliphatic hydroxyl groups excluding tert-OH is 1. The van der Waals surface area contributed by atoms with E-state index in [1.165, 1.54) is 12.8 Å². The van der Waals surface area contributed by atoms with Gasteiger partial charge in [-0.3, -0.25) is 0 Å². The fraction of sp³-hybridized carbons (Fsp3) is 0.889. The van der Waals surface area contributed by atoms with E-state index in [0.717, 1.165) is 19.3 Å². The van der Waals surface area contributed by atoms with Crippen LogP contribution in [0.5, 0.6) is 0 Å². The molecule has 0 amide bonds. The van der Waals surface area contributed by atoms with Crippen LogP contribution in [-0.4, -0.2) is 11.2 Å². The van der Waals surface area contributed by atoms with Crippen LogP contribution in [-0.2, 0) is 0 Å². The van der Waals surface area contributed by atoms with Crippen molar-refractivity contribution in [2.45, 2.75) is 45.1 Å². The third-order valence-electron chi connectivity index (χ3n) is 2.26. The van der Waals surface area contributed by atoms with Crippen molar-refractivity contribution in [3.63, 3.8) is 0 Å². The van der Waals surface area contributed by atoms with Gasteiger partial charge in [0.25, 0.3) is 0 Å². The Morgan fingerprint density at radius 3 is 2.90 bits per heavy atom. The van der Waals surface area contributed by atoms with Gasteiger partial charge in [0.1, 0.15) is 0 Å². The van der Waals surface area contributed by atoms with E-state index < -0.39 is 0 Å². The minimum Gasteiger partial charge on any atom is -0.393 e. The maximum atomic E-state index is 9.29. The molecule has 1 rings (SSSR count). The molecule has 0 bridgehead atoms. The van der Waals surface area contributed by atoms with Crippen molar-refractivity contribution in [3.8, 4) is 0 Å². The van der Waals surface area contributed by atoms with Gasteiger partial charge in [-0.15, -0.1) is 0 Å². The lowest BCUT2D eigenvalue weighted by molar-refractivity contribution is 0.109. The molecule has 59 valence electrons. The molecule has 1 N–H and O–H groups in total. The Bertz CT molecular complexity index is 88.7. The van der Waals surface area contributed by atoms with Crippen LogP contribution in [0.15, 0.2) is 0 Å². The highest BCUT2D eigenvalue weighted by molar-refractivity contribution is 4.81. The van der Waals surface area contributed by atoms with Crippen molar-refractivity contribution in [1.82, 2.24) is 0 Å². The number of hydrogen-bond acceptors (Lipinski definition) is 1. The lowest BCUT2D eigenvalue weighted by Crippen LogP contribution is -2.19. The van der Waals surface area contributed by atoms with Crippen LogP contribution in [0.3, 0.4) is 0 Å². The monoisotopic (exact) mass is 141 g/mol. The van der Waals surface area contributed by atoms with Crippen LogP contribution in [0.1, 0.15) is 39.0 Å². The van der Waals surface area contributed by atoms with Crippen LogP contribution in [0, 0.1) is 12.3 Å². The van der Waals surface area contributed by atoms with Crippen molar-refractivity contribution < 1.29 is 5.11 Å². The number of rotatable bonds is 2. The van der Waals surface area contributed by atoms with E-state index in [0.29, 0.717) is 5.92 Å². The summed E-state index contributed by atoms with van der Waals surface area (Å²) in [5.41, 5.74) is 0. The topological polar surface area (TPSA) is 20.2 Å². The smallest absolute Gasteiger partial charge is 0.0543 e. The van der Waals surface area contributed by atoms with Crippen LogP contribution in [0.25, 0.3) is 0 Å². The van der Waals surface area contributed by atoms with Gasteiger partial charge in [0, 0.05) is 0 Å². The average Bonchev–Trinajstić information content (AvgIpc) is 1.88. The number of hydrogen-bond donors (Lipinski definition) is 1. The zero-order valence-electron chi connectivity index (χ0n) is 6.71. The third-order valence-corrected chi connectivity index (χ3v) is 2.26. The SMILES string of the molecule is CC[CH]C1CCCC(O)C1. The predicted octanol–water partition coefficient (Wildman–Crippen LogP) is 2.15. The number of aliphatic hydroxyl groups is 1. The predicted molar refractivity (Wildman–Crippen MR) is 42.6 cm³/mol. The summed E-state index contributed by atoms with van der Waals surface area (Å²) < 4.78 is 0. The van der Waals surface area contributed by atoms with Gasteiger partial charge in [-0.05, 0) is 31.6 Å². The molecule has 1 radical (unpaired) electrons. The van der Waals surface area contributed by atoms with Gasteiger partial charge >= 0.3 is 0 Å². The lowest BCUT2D eigenvalue weighted by Gasteiger charge is -2.24. The van der Waals surface area contributed by atoms with Crippen molar-refractivity contribution in [2.75, 3.05) is 0 Å². The molecule has 0 aromatic heterocycles. The molecule has 0 heterocycles. The van der Waals surface area contributed by atoms with Crippen molar-refractivity contribution in [1.29, 1.82) is 0 Å². The molecule has 1 aliphatic carbocycles. The van der Waals surface area contributed by atoms with Crippen molar-refractivity contribution >= 4 is 0 Å². The van der Waals surface area contributed by atoms with Gasteiger partial charge in [0.15, 0.2) is 0 Å². The van der Waals surface area contributed by atoms with E-state index in [1.807, 2.05) is 0 Å². The molecular formula is C9H17O. The molecule has 1 fully saturated rings. The molecule has 0 aromatic rings. The van der Waals surface area contributed by atoms with Crippen LogP contribution >= 0.6 is 0 Å². The summed E-state index contributed by atoms with van der Waals surface area (Å²) in [6.45, 7) is 2.17. The zero-order chi connectivity index (χ0) is 7.40. The summed E-state index contributed by atoms with van der Waals surface area (Å²) in [4.78, 5) is 0. The summed E-state index contributed by atoms with van der Waals surface area (Å²) >= 11 is 0. The lowest BCUT2D eigenvalue weighted by atomic mass is 9.85. The highest BCUT2D eigenvalue weighted by atomic mass is 16.3. The Kier molecular flexibility index (Phi) is 3.20. The summed E-state index contributed by atoms with van der Waals surface area (Å²) in [6, 6.07) is 0. The second-order valence-electron chi connectivity index (χ2n) is 3.22. The fourth-order valence-electron chi connectivity index (χ4n) is 1.75. The van der Waals surface area contributed by atoms with E-state index in [9.17, 15) is 5.11 Å². The zero-order valence-corrected chi connectivity index (χ0v) is 6.71. The highest BCUT2D eigenvalue weighted by Crippen LogP contribution is 2.26. The molecule has 2 atom stereocenters. The first-order valence-corrected chi connectivity index (χ1v) is 4.34. The average molecular weight is 141 g/mol. The Morgan fingerprint density at radius 2 is 2.30 bits per heavy atom. The van der Waals surface area contributed by atoms with Gasteiger partial charge in [0.2, 0.25) is 0 Å². The second-order valence-corrected chi connectivity index (χ2v) is 3.22. The van der Waals surface area contributed by atoms with Crippen molar-refractivity contribution in [3.05, 3.63) is 6.42 Å². The first-order valence-electron chi connectivity index (χ1n) is 4.34. The summed E-state index contributed by atoms with van der Waals surface area (Å²) in [5.74, 6) is 0.703. The maximum Gasteiger partial charge on any atom is 0.0543 e. The Hall–Kier alpha value is -0.0400. The minimum absolute atomic E-state index is 0.0125. The van der Waals surface area contributed by atoms with Crippen LogP contribution < -0.4 is 0 Å². The molecule has 1 saturated carbocycles. The largest absolute Gasteiger partial charge is 0.393 e. The molecular weight excluding hydrogens is 124 g/mol. The Morgan fingerprint density at radius 1 is 1.50 bits per heavy atom. The van der Waals surface area contributed by atoms with Crippen LogP contribution in [0.2, 0.25) is 0 Å². The molecule has 0 aromatic carbocycles. The second kappa shape index (κ2) is 3.97. The van der Waals surface area contributed by atoms with Gasteiger partial charge in [-0.2, -0.15) is 0 Å². The molecule has 0 saturated heterocycles. The Labute approximate surface area is 63.4 Å². The quantitative estimate of drug-likeness (QED) is 0.624. The molecule has 0 aliphatic heterocycles. The third kappa shape index (κ3) is 2.30. The van der Waals surface area contributed by atoms with Crippen LogP contribution in [0.4, 0.5) is 0 Å². The molecule has 0 spiro atoms. The summed E-state index contributed by atoms with van der Waals surface area (Å²) in [5, 5.41) is 9.29. The highest BCUT2D eigenvalue weighted by Gasteiger charge is 2.18. The van der Waals surface area contributed by atoms with Gasteiger partial charge < -0.3 is 5.11 Å². The molecule has 10 heavy (non-hydrogen) atoms. The molecule has 1 nitrogen and oxygen atoms in total. The normalized spacial score (nSPS) is 34.2. The van der Waals surface area contributed by atoms with Gasteiger partial charge in [-0.1, -0.05) is 19.8 Å². The van der Waals surface area contributed by atoms with E-state index >= 15 is 0 Å². The van der Waals surface area contributed by atoms with E-state index in [2.05, 4.69) is 13.3 Å². The summed E-state index contributed by atoms with van der Waals surface area (Å²) in [7, 11) is 0. The fourth-order valence-corrected chi connectivity index (χ4v) is 1.75. The molecule has 2 unspecified atom stereocenters. The first-order chi connectivity index (χ1) is 4.83. The Balaban J connectivity index is 2.18. The minimum atomic E-state index is -0.0125. The standard InChI is InChI=1S/C9H17O/c1-2-4-8-5-3-6-9(10)7-8/h4,8-10H,2-3,5-7H2,1H3. The molecule has 1 heteroatoms. The van der Waals surface area contributed by atoms with Crippen molar-refractivity contribution in [2.24, 2.45) is 5.92 Å². The van der Waals surface area contributed by atoms with E-state index in [1.54, 1.807) is 0 Å². The van der Waals surface area contributed by atoms with E-state index in [-0.39, 0.29) is 6.10 Å². The first kappa shape index (κ1) is 8.06. The van der Waals surface area contributed by atoms with E-state index in [4.69, 9.17) is 0 Å². The molecule has 1 aliphatic rings. The maximum absolute atomic E-state index is 9.29. The van der Waals surface area contributed by atoms with Gasteiger partial charge in [0.05, 0.1) is 6.10 Å². The summed E-state index contributed by atoms with van der Waals surface area (Å²) in [6.07, 6.45) is 8.01. The van der Waals surface area contributed by atoms with Gasteiger partial charge in [-0.25, -0.2) is 0 Å².